The van der Waals surface area contributed by atoms with Crippen LogP contribution >= 0.6 is 11.6 Å². The summed E-state index contributed by atoms with van der Waals surface area (Å²) in [5, 5.41) is 0.402. The molecule has 1 N–H and O–H groups in total. The summed E-state index contributed by atoms with van der Waals surface area (Å²) in [6.07, 6.45) is -0.255. The Morgan fingerprint density at radius 3 is 2.06 bits per heavy atom. The quantitative estimate of drug-likeness (QED) is 0.392. The van der Waals surface area contributed by atoms with E-state index < -0.39 is 28.4 Å². The van der Waals surface area contributed by atoms with Crippen molar-refractivity contribution in [3.8, 4) is 17.2 Å². The highest BCUT2D eigenvalue weighted by Gasteiger charge is 2.19. The third-order valence-electron chi connectivity index (χ3n) is 4.10. The van der Waals surface area contributed by atoms with Crippen LogP contribution in [0, 0.1) is 0 Å². The summed E-state index contributed by atoms with van der Waals surface area (Å²) < 4.78 is 47.1. The van der Waals surface area contributed by atoms with E-state index in [2.05, 4.69) is 4.72 Å². The molecular formula is C20H22ClNO8S. The predicted octanol–water partition coefficient (Wildman–Crippen LogP) is 2.46. The largest absolute Gasteiger partial charge is 0.493 e. The molecule has 2 rings (SSSR count). The summed E-state index contributed by atoms with van der Waals surface area (Å²) in [4.78, 5) is 24.3. The zero-order valence-corrected chi connectivity index (χ0v) is 18.7. The van der Waals surface area contributed by atoms with E-state index in [0.29, 0.717) is 10.8 Å². The van der Waals surface area contributed by atoms with E-state index in [1.807, 2.05) is 0 Å². The van der Waals surface area contributed by atoms with Gasteiger partial charge in [-0.2, -0.15) is 0 Å². The number of Topliss-reactive ketones (excluding diaryl/α,β-unsaturated/α-hetero) is 1. The van der Waals surface area contributed by atoms with Crippen molar-refractivity contribution in [3.05, 3.63) is 47.0 Å². The van der Waals surface area contributed by atoms with Crippen molar-refractivity contribution in [1.29, 1.82) is 0 Å². The van der Waals surface area contributed by atoms with Crippen LogP contribution in [-0.4, -0.2) is 54.7 Å². The van der Waals surface area contributed by atoms with Crippen molar-refractivity contribution >= 4 is 33.4 Å². The van der Waals surface area contributed by atoms with Gasteiger partial charge in [0.25, 0.3) is 0 Å². The van der Waals surface area contributed by atoms with Crippen LogP contribution in [0.3, 0.4) is 0 Å². The maximum atomic E-state index is 12.4. The standard InChI is InChI=1S/C20H22ClNO8S/c1-27-17-10-13(11-18(28-2)20(17)29-3)16(23)12-30-19(24)8-9-22-31(25,26)15-6-4-14(21)5-7-15/h4-7,10-11,22H,8-9,12H2,1-3H3. The molecule has 2 aromatic rings. The highest BCUT2D eigenvalue weighted by molar-refractivity contribution is 7.89. The number of carbonyl (C=O) groups is 2. The molecule has 0 saturated heterocycles. The third-order valence-corrected chi connectivity index (χ3v) is 5.83. The maximum absolute atomic E-state index is 12.4. The summed E-state index contributed by atoms with van der Waals surface area (Å²) in [5.74, 6) is -0.332. The van der Waals surface area contributed by atoms with Crippen molar-refractivity contribution in [2.75, 3.05) is 34.5 Å². The van der Waals surface area contributed by atoms with Gasteiger partial charge < -0.3 is 18.9 Å². The molecule has 0 aromatic heterocycles. The predicted molar refractivity (Wildman–Crippen MR) is 113 cm³/mol. The van der Waals surface area contributed by atoms with E-state index in [-0.39, 0.29) is 34.9 Å². The number of sulfonamides is 1. The molecule has 0 radical (unpaired) electrons. The van der Waals surface area contributed by atoms with Crippen molar-refractivity contribution in [2.24, 2.45) is 0 Å². The second-order valence-corrected chi connectivity index (χ2v) is 8.30. The first-order valence-electron chi connectivity index (χ1n) is 8.96. The lowest BCUT2D eigenvalue weighted by Gasteiger charge is -2.13. The molecular weight excluding hydrogens is 450 g/mol. The minimum absolute atomic E-state index is 0.0165. The van der Waals surface area contributed by atoms with Crippen LogP contribution in [-0.2, 0) is 19.6 Å². The number of benzene rings is 2. The minimum Gasteiger partial charge on any atom is -0.493 e. The molecule has 0 aliphatic rings. The van der Waals surface area contributed by atoms with Gasteiger partial charge in [0.1, 0.15) is 0 Å². The van der Waals surface area contributed by atoms with E-state index >= 15 is 0 Å². The maximum Gasteiger partial charge on any atom is 0.307 e. The minimum atomic E-state index is -3.79. The number of esters is 1. The van der Waals surface area contributed by atoms with Gasteiger partial charge in [0, 0.05) is 17.1 Å². The molecule has 0 bridgehead atoms. The molecule has 9 nitrogen and oxygen atoms in total. The molecule has 0 fully saturated rings. The SMILES string of the molecule is COc1cc(C(=O)COC(=O)CCNS(=O)(=O)c2ccc(Cl)cc2)cc(OC)c1OC. The Morgan fingerprint density at radius 2 is 1.55 bits per heavy atom. The number of methoxy groups -OCH3 is 3. The van der Waals surface area contributed by atoms with Gasteiger partial charge in [0.05, 0.1) is 32.6 Å². The van der Waals surface area contributed by atoms with E-state index in [1.165, 1.54) is 57.7 Å². The number of rotatable bonds is 11. The zero-order chi connectivity index (χ0) is 23.0. The normalized spacial score (nSPS) is 11.0. The summed E-state index contributed by atoms with van der Waals surface area (Å²) in [7, 11) is 0.470. The first kappa shape index (κ1) is 24.4. The van der Waals surface area contributed by atoms with Gasteiger partial charge in [-0.05, 0) is 36.4 Å². The fraction of sp³-hybridized carbons (Fsp3) is 0.300. The van der Waals surface area contributed by atoms with Crippen LogP contribution in [0.2, 0.25) is 5.02 Å². The number of hydrogen-bond acceptors (Lipinski definition) is 8. The van der Waals surface area contributed by atoms with Crippen LogP contribution in [0.25, 0.3) is 0 Å². The number of hydrogen-bond donors (Lipinski definition) is 1. The first-order valence-corrected chi connectivity index (χ1v) is 10.8. The van der Waals surface area contributed by atoms with Gasteiger partial charge in [-0.25, -0.2) is 13.1 Å². The van der Waals surface area contributed by atoms with Gasteiger partial charge in [-0.3, -0.25) is 9.59 Å². The Morgan fingerprint density at radius 1 is 0.968 bits per heavy atom. The molecule has 0 aliphatic heterocycles. The van der Waals surface area contributed by atoms with Gasteiger partial charge in [0.15, 0.2) is 18.1 Å². The highest BCUT2D eigenvalue weighted by atomic mass is 35.5. The summed E-state index contributed by atoms with van der Waals surface area (Å²) in [6, 6.07) is 8.46. The Labute approximate surface area is 185 Å². The fourth-order valence-electron chi connectivity index (χ4n) is 2.53. The van der Waals surface area contributed by atoms with Crippen molar-refractivity contribution in [1.82, 2.24) is 4.72 Å². The molecule has 0 amide bonds. The molecule has 2 aromatic carbocycles. The van der Waals surface area contributed by atoms with Crippen molar-refractivity contribution in [3.63, 3.8) is 0 Å². The molecule has 0 heterocycles. The van der Waals surface area contributed by atoms with Crippen LogP contribution in [0.5, 0.6) is 17.2 Å². The molecule has 0 unspecified atom stereocenters. The Bertz CT molecular complexity index is 1010. The van der Waals surface area contributed by atoms with E-state index in [4.69, 9.17) is 30.5 Å². The number of ketones is 1. The second kappa shape index (κ2) is 11.0. The van der Waals surface area contributed by atoms with Crippen LogP contribution in [0.15, 0.2) is 41.3 Å². The number of carbonyl (C=O) groups excluding carboxylic acids is 2. The van der Waals surface area contributed by atoms with E-state index in [9.17, 15) is 18.0 Å². The summed E-state index contributed by atoms with van der Waals surface area (Å²) >= 11 is 5.74. The third kappa shape index (κ3) is 6.58. The Balaban J connectivity index is 1.90. The Hall–Kier alpha value is -2.82. The van der Waals surface area contributed by atoms with Crippen LogP contribution in [0.1, 0.15) is 16.8 Å². The van der Waals surface area contributed by atoms with Gasteiger partial charge in [0.2, 0.25) is 21.6 Å². The summed E-state index contributed by atoms with van der Waals surface area (Å²) in [5.41, 5.74) is 0.200. The number of halogens is 1. The smallest absolute Gasteiger partial charge is 0.307 e. The molecule has 31 heavy (non-hydrogen) atoms. The zero-order valence-electron chi connectivity index (χ0n) is 17.1. The van der Waals surface area contributed by atoms with Gasteiger partial charge in [-0.15, -0.1) is 0 Å². The fourth-order valence-corrected chi connectivity index (χ4v) is 3.69. The molecule has 0 spiro atoms. The van der Waals surface area contributed by atoms with Crippen molar-refractivity contribution < 1.29 is 37.0 Å². The van der Waals surface area contributed by atoms with Crippen LogP contribution in [0.4, 0.5) is 0 Å². The van der Waals surface area contributed by atoms with Crippen LogP contribution < -0.4 is 18.9 Å². The number of ether oxygens (including phenoxy) is 4. The van der Waals surface area contributed by atoms with E-state index in [1.54, 1.807) is 0 Å². The average molecular weight is 472 g/mol. The number of nitrogens with one attached hydrogen (secondary N) is 1. The first-order chi connectivity index (χ1) is 14.7. The monoisotopic (exact) mass is 471 g/mol. The molecule has 0 atom stereocenters. The Kier molecular flexibility index (Phi) is 8.66. The van der Waals surface area contributed by atoms with Crippen molar-refractivity contribution in [2.45, 2.75) is 11.3 Å². The van der Waals surface area contributed by atoms with E-state index in [0.717, 1.165) is 0 Å². The molecule has 168 valence electrons. The lowest BCUT2D eigenvalue weighted by molar-refractivity contribution is -0.142. The van der Waals surface area contributed by atoms with Gasteiger partial charge >= 0.3 is 5.97 Å². The highest BCUT2D eigenvalue weighted by Crippen LogP contribution is 2.38. The average Bonchev–Trinajstić information content (AvgIpc) is 2.76. The topological polar surface area (TPSA) is 117 Å². The lowest BCUT2D eigenvalue weighted by Crippen LogP contribution is -2.27. The molecule has 11 heteroatoms. The lowest BCUT2D eigenvalue weighted by atomic mass is 10.1. The second-order valence-electron chi connectivity index (χ2n) is 6.10. The van der Waals surface area contributed by atoms with Gasteiger partial charge in [-0.1, -0.05) is 11.6 Å². The molecule has 0 aliphatic carbocycles. The summed E-state index contributed by atoms with van der Waals surface area (Å²) in [6.45, 7) is -0.719. The molecule has 0 saturated carbocycles.